The molecule has 2 aromatic carbocycles. The largest absolute Gasteiger partial charge is 0.507 e. The Hall–Kier alpha value is -3.80. The smallest absolute Gasteiger partial charge is 0.300 e. The summed E-state index contributed by atoms with van der Waals surface area (Å²) in [5.41, 5.74) is 2.89. The van der Waals surface area contributed by atoms with Crippen molar-refractivity contribution in [2.45, 2.75) is 33.7 Å². The van der Waals surface area contributed by atoms with Crippen molar-refractivity contribution in [2.24, 2.45) is 5.92 Å². The van der Waals surface area contributed by atoms with Crippen molar-refractivity contribution in [1.82, 2.24) is 0 Å². The fourth-order valence-corrected chi connectivity index (χ4v) is 3.92. The van der Waals surface area contributed by atoms with Crippen molar-refractivity contribution in [2.75, 3.05) is 11.5 Å². The quantitative estimate of drug-likeness (QED) is 0.305. The Morgan fingerprint density at radius 1 is 1.06 bits per heavy atom. The van der Waals surface area contributed by atoms with Gasteiger partial charge in [-0.1, -0.05) is 26.0 Å². The van der Waals surface area contributed by atoms with Crippen LogP contribution in [0, 0.1) is 19.8 Å². The Labute approximate surface area is 193 Å². The van der Waals surface area contributed by atoms with Crippen molar-refractivity contribution < 1.29 is 23.8 Å². The average Bonchev–Trinajstić information content (AvgIpc) is 3.41. The number of ether oxygens (including phenoxy) is 1. The van der Waals surface area contributed by atoms with Crippen molar-refractivity contribution >= 4 is 23.1 Å². The van der Waals surface area contributed by atoms with Crippen LogP contribution in [0.3, 0.4) is 0 Å². The van der Waals surface area contributed by atoms with Gasteiger partial charge in [-0.3, -0.25) is 14.5 Å². The van der Waals surface area contributed by atoms with E-state index in [1.54, 1.807) is 42.5 Å². The van der Waals surface area contributed by atoms with Gasteiger partial charge in [0.1, 0.15) is 23.3 Å². The van der Waals surface area contributed by atoms with Crippen molar-refractivity contribution in [3.8, 4) is 5.75 Å². The van der Waals surface area contributed by atoms with Gasteiger partial charge in [0.15, 0.2) is 0 Å². The van der Waals surface area contributed by atoms with Gasteiger partial charge < -0.3 is 14.3 Å². The SMILES string of the molecule is Cc1cccc(N2C(=O)C(=O)/C(=C(\O)c3ccc(OCC(C)C)cc3)C2c2ccco2)c1C. The maximum Gasteiger partial charge on any atom is 0.300 e. The molecule has 1 aliphatic heterocycles. The topological polar surface area (TPSA) is 80.0 Å². The van der Waals surface area contributed by atoms with E-state index in [0.717, 1.165) is 11.1 Å². The van der Waals surface area contributed by atoms with Crippen LogP contribution in [-0.4, -0.2) is 23.4 Å². The molecule has 33 heavy (non-hydrogen) atoms. The fourth-order valence-electron chi connectivity index (χ4n) is 3.92. The number of hydrogen-bond donors (Lipinski definition) is 1. The molecule has 0 bridgehead atoms. The molecule has 1 N–H and O–H groups in total. The fraction of sp³-hybridized carbons (Fsp3) is 0.259. The van der Waals surface area contributed by atoms with E-state index >= 15 is 0 Å². The Kier molecular flexibility index (Phi) is 6.09. The molecule has 1 amide bonds. The minimum Gasteiger partial charge on any atom is -0.507 e. The monoisotopic (exact) mass is 445 g/mol. The standard InChI is InChI=1S/C27H27NO5/c1-16(2)15-33-20-12-10-19(11-13-20)25(29)23-24(22-9-6-14-32-22)28(27(31)26(23)30)21-8-5-7-17(3)18(21)4/h5-14,16,24,29H,15H2,1-4H3/b25-23-. The molecule has 6 nitrogen and oxygen atoms in total. The highest BCUT2D eigenvalue weighted by Gasteiger charge is 2.48. The van der Waals surface area contributed by atoms with Crippen LogP contribution in [0.4, 0.5) is 5.69 Å². The molecule has 1 unspecified atom stereocenters. The summed E-state index contributed by atoms with van der Waals surface area (Å²) in [6.07, 6.45) is 1.49. The lowest BCUT2D eigenvalue weighted by Crippen LogP contribution is -2.30. The van der Waals surface area contributed by atoms with Crippen LogP contribution in [-0.2, 0) is 9.59 Å². The minimum atomic E-state index is -0.877. The van der Waals surface area contributed by atoms with Gasteiger partial charge >= 0.3 is 0 Å². The molecule has 4 rings (SSSR count). The first kappa shape index (κ1) is 22.4. The number of carbonyl (C=O) groups excluding carboxylic acids is 2. The lowest BCUT2D eigenvalue weighted by Gasteiger charge is -2.25. The molecule has 1 aromatic heterocycles. The highest BCUT2D eigenvalue weighted by molar-refractivity contribution is 6.51. The van der Waals surface area contributed by atoms with E-state index in [9.17, 15) is 14.7 Å². The van der Waals surface area contributed by atoms with Gasteiger partial charge in [0, 0.05) is 11.3 Å². The zero-order valence-electron chi connectivity index (χ0n) is 19.2. The molecule has 1 atom stereocenters. The second-order valence-corrected chi connectivity index (χ2v) is 8.63. The lowest BCUT2D eigenvalue weighted by atomic mass is 9.98. The van der Waals surface area contributed by atoms with Crippen LogP contribution in [0.25, 0.3) is 5.76 Å². The van der Waals surface area contributed by atoms with Crippen molar-refractivity contribution in [1.29, 1.82) is 0 Å². The van der Waals surface area contributed by atoms with Crippen LogP contribution < -0.4 is 9.64 Å². The number of rotatable bonds is 6. The minimum absolute atomic E-state index is 0.00768. The first-order chi connectivity index (χ1) is 15.8. The van der Waals surface area contributed by atoms with Crippen molar-refractivity contribution in [3.63, 3.8) is 0 Å². The Morgan fingerprint density at radius 3 is 2.42 bits per heavy atom. The van der Waals surface area contributed by atoms with Crippen LogP contribution >= 0.6 is 0 Å². The van der Waals surface area contributed by atoms with Crippen LogP contribution in [0.15, 0.2) is 70.9 Å². The number of ketones is 1. The highest BCUT2D eigenvalue weighted by atomic mass is 16.5. The number of aryl methyl sites for hydroxylation is 1. The van der Waals surface area contributed by atoms with E-state index in [1.165, 1.54) is 11.2 Å². The summed E-state index contributed by atoms with van der Waals surface area (Å²) >= 11 is 0. The van der Waals surface area contributed by atoms with E-state index in [0.29, 0.717) is 35.3 Å². The highest BCUT2D eigenvalue weighted by Crippen LogP contribution is 2.43. The predicted molar refractivity (Wildman–Crippen MR) is 126 cm³/mol. The van der Waals surface area contributed by atoms with Gasteiger partial charge in [0.05, 0.1) is 18.4 Å². The number of Topliss-reactive ketones (excluding diaryl/α,β-unsaturated/α-hetero) is 1. The normalized spacial score (nSPS) is 17.7. The zero-order chi connectivity index (χ0) is 23.7. The molecule has 1 aliphatic rings. The third kappa shape index (κ3) is 4.16. The molecule has 170 valence electrons. The summed E-state index contributed by atoms with van der Waals surface area (Å²) in [4.78, 5) is 27.8. The summed E-state index contributed by atoms with van der Waals surface area (Å²) in [7, 11) is 0. The van der Waals surface area contributed by atoms with Gasteiger partial charge in [-0.15, -0.1) is 0 Å². The van der Waals surface area contributed by atoms with Crippen LogP contribution in [0.5, 0.6) is 5.75 Å². The van der Waals surface area contributed by atoms with E-state index < -0.39 is 17.7 Å². The maximum atomic E-state index is 13.2. The second kappa shape index (κ2) is 8.98. The molecule has 1 saturated heterocycles. The molecule has 0 aliphatic carbocycles. The number of carbonyl (C=O) groups is 2. The number of aliphatic hydroxyl groups excluding tert-OH is 1. The Morgan fingerprint density at radius 2 is 1.79 bits per heavy atom. The molecular formula is C27H27NO5. The third-order valence-corrected chi connectivity index (χ3v) is 5.80. The molecule has 0 spiro atoms. The van der Waals surface area contributed by atoms with E-state index in [1.807, 2.05) is 26.0 Å². The maximum absolute atomic E-state index is 13.2. The average molecular weight is 446 g/mol. The van der Waals surface area contributed by atoms with E-state index in [2.05, 4.69) is 13.8 Å². The molecule has 2 heterocycles. The van der Waals surface area contributed by atoms with Gasteiger partial charge in [-0.2, -0.15) is 0 Å². The third-order valence-electron chi connectivity index (χ3n) is 5.80. The zero-order valence-corrected chi connectivity index (χ0v) is 19.2. The number of benzene rings is 2. The summed E-state index contributed by atoms with van der Waals surface area (Å²) in [5.74, 6) is -0.268. The second-order valence-electron chi connectivity index (χ2n) is 8.63. The summed E-state index contributed by atoms with van der Waals surface area (Å²) in [5, 5.41) is 11.2. The number of hydrogen-bond acceptors (Lipinski definition) is 5. The number of nitrogens with zero attached hydrogens (tertiary/aromatic N) is 1. The van der Waals surface area contributed by atoms with Crippen LogP contribution in [0.1, 0.15) is 42.3 Å². The number of anilines is 1. The summed E-state index contributed by atoms with van der Waals surface area (Å²) in [6.45, 7) is 8.54. The Balaban J connectivity index is 1.81. The van der Waals surface area contributed by atoms with Gasteiger partial charge in [0.25, 0.3) is 11.7 Å². The first-order valence-corrected chi connectivity index (χ1v) is 10.9. The summed E-state index contributed by atoms with van der Waals surface area (Å²) in [6, 6.07) is 14.9. The summed E-state index contributed by atoms with van der Waals surface area (Å²) < 4.78 is 11.3. The van der Waals surface area contributed by atoms with Gasteiger partial charge in [0.2, 0.25) is 0 Å². The molecule has 1 fully saturated rings. The van der Waals surface area contributed by atoms with Gasteiger partial charge in [-0.05, 0) is 73.4 Å². The number of aliphatic hydroxyl groups is 1. The number of amides is 1. The molecule has 3 aromatic rings. The molecule has 0 radical (unpaired) electrons. The van der Waals surface area contributed by atoms with Crippen LogP contribution in [0.2, 0.25) is 0 Å². The molecular weight excluding hydrogens is 418 g/mol. The first-order valence-electron chi connectivity index (χ1n) is 10.9. The molecule has 6 heteroatoms. The predicted octanol–water partition coefficient (Wildman–Crippen LogP) is 5.56. The van der Waals surface area contributed by atoms with E-state index in [-0.39, 0.29) is 11.3 Å². The van der Waals surface area contributed by atoms with Crippen molar-refractivity contribution in [3.05, 3.63) is 88.9 Å². The lowest BCUT2D eigenvalue weighted by molar-refractivity contribution is -0.132. The Bertz CT molecular complexity index is 1210. The molecule has 0 saturated carbocycles. The van der Waals surface area contributed by atoms with E-state index in [4.69, 9.17) is 9.15 Å². The number of furan rings is 1. The van der Waals surface area contributed by atoms with Gasteiger partial charge in [-0.25, -0.2) is 0 Å².